The minimum atomic E-state index is -0.470. The van der Waals surface area contributed by atoms with Crippen LogP contribution in [-0.2, 0) is 4.79 Å². The molecule has 0 bridgehead atoms. The molecule has 0 saturated heterocycles. The summed E-state index contributed by atoms with van der Waals surface area (Å²) in [7, 11) is 0. The first-order valence-corrected chi connectivity index (χ1v) is 8.76. The summed E-state index contributed by atoms with van der Waals surface area (Å²) in [5, 5.41) is 3.90. The van der Waals surface area contributed by atoms with E-state index in [0.717, 1.165) is 5.75 Å². The molecule has 0 fully saturated rings. The summed E-state index contributed by atoms with van der Waals surface area (Å²) < 4.78 is 0. The Hall–Kier alpha value is -1.50. The number of carbonyl (C=O) groups is 1. The number of aromatic amines is 1. The Balaban J connectivity index is 2.17. The van der Waals surface area contributed by atoms with Gasteiger partial charge in [-0.1, -0.05) is 54.0 Å². The molecule has 1 amide bonds. The number of anilines is 1. The van der Waals surface area contributed by atoms with Crippen LogP contribution in [0.5, 0.6) is 0 Å². The lowest BCUT2D eigenvalue weighted by molar-refractivity contribution is -0.116. The van der Waals surface area contributed by atoms with Gasteiger partial charge in [-0.2, -0.15) is 0 Å². The van der Waals surface area contributed by atoms with Crippen LogP contribution >= 0.6 is 35.0 Å². The van der Waals surface area contributed by atoms with Crippen LogP contribution in [0.2, 0.25) is 10.0 Å². The smallest absolute Gasteiger partial charge is 0.257 e. The minimum Gasteiger partial charge on any atom is -0.310 e. The van der Waals surface area contributed by atoms with Crippen molar-refractivity contribution in [2.45, 2.75) is 24.4 Å². The molecule has 0 saturated carbocycles. The maximum Gasteiger partial charge on any atom is 0.257 e. The molecule has 1 aliphatic rings. The van der Waals surface area contributed by atoms with Gasteiger partial charge in [0.15, 0.2) is 5.16 Å². The van der Waals surface area contributed by atoms with Gasteiger partial charge in [0.2, 0.25) is 5.91 Å². The van der Waals surface area contributed by atoms with Gasteiger partial charge in [-0.15, -0.1) is 0 Å². The maximum atomic E-state index is 12.5. The van der Waals surface area contributed by atoms with Gasteiger partial charge in [0.25, 0.3) is 5.56 Å². The fourth-order valence-corrected chi connectivity index (χ4v) is 3.64. The van der Waals surface area contributed by atoms with Crippen LogP contribution in [0.3, 0.4) is 0 Å². The summed E-state index contributed by atoms with van der Waals surface area (Å²) in [6.45, 7) is 1.96. The quantitative estimate of drug-likeness (QED) is 0.639. The van der Waals surface area contributed by atoms with Gasteiger partial charge in [-0.3, -0.25) is 9.59 Å². The SMILES string of the molecule is CCSc1nc2c(c(=O)[nH]1)C(c1cccc(Cl)c1Cl)CC(=O)N2. The van der Waals surface area contributed by atoms with E-state index in [1.54, 1.807) is 18.2 Å². The fraction of sp³-hybridized carbons (Fsp3) is 0.267. The average Bonchev–Trinajstić information content (AvgIpc) is 2.49. The fourth-order valence-electron chi connectivity index (χ4n) is 2.61. The van der Waals surface area contributed by atoms with E-state index in [0.29, 0.717) is 32.1 Å². The molecule has 120 valence electrons. The molecule has 2 heterocycles. The monoisotopic (exact) mass is 369 g/mol. The highest BCUT2D eigenvalue weighted by Gasteiger charge is 2.32. The Morgan fingerprint density at radius 3 is 2.87 bits per heavy atom. The minimum absolute atomic E-state index is 0.123. The number of hydrogen-bond acceptors (Lipinski definition) is 4. The van der Waals surface area contributed by atoms with Crippen LogP contribution in [0, 0.1) is 0 Å². The van der Waals surface area contributed by atoms with E-state index in [4.69, 9.17) is 23.2 Å². The molecular formula is C15H13Cl2N3O2S. The molecule has 8 heteroatoms. The summed E-state index contributed by atoms with van der Waals surface area (Å²) >= 11 is 13.7. The lowest BCUT2D eigenvalue weighted by Gasteiger charge is -2.25. The zero-order chi connectivity index (χ0) is 16.6. The van der Waals surface area contributed by atoms with Gasteiger partial charge in [-0.05, 0) is 17.4 Å². The summed E-state index contributed by atoms with van der Waals surface area (Å²) in [5.41, 5.74) is 0.791. The molecule has 23 heavy (non-hydrogen) atoms. The number of carbonyl (C=O) groups excluding carboxylic acids is 1. The van der Waals surface area contributed by atoms with E-state index in [1.165, 1.54) is 11.8 Å². The second-order valence-electron chi connectivity index (χ2n) is 5.01. The average molecular weight is 370 g/mol. The molecule has 1 unspecified atom stereocenters. The summed E-state index contributed by atoms with van der Waals surface area (Å²) in [6.07, 6.45) is 0.123. The van der Waals surface area contributed by atoms with Crippen molar-refractivity contribution in [3.63, 3.8) is 0 Å². The van der Waals surface area contributed by atoms with Gasteiger partial charge in [0.1, 0.15) is 5.82 Å². The number of rotatable bonds is 3. The molecule has 2 N–H and O–H groups in total. The van der Waals surface area contributed by atoms with E-state index in [2.05, 4.69) is 15.3 Å². The topological polar surface area (TPSA) is 74.8 Å². The highest BCUT2D eigenvalue weighted by atomic mass is 35.5. The lowest BCUT2D eigenvalue weighted by atomic mass is 9.87. The van der Waals surface area contributed by atoms with Crippen molar-refractivity contribution in [2.75, 3.05) is 11.1 Å². The van der Waals surface area contributed by atoms with Crippen LogP contribution in [-0.4, -0.2) is 21.6 Å². The Labute approximate surface area is 146 Å². The lowest BCUT2D eigenvalue weighted by Crippen LogP contribution is -2.31. The van der Waals surface area contributed by atoms with E-state index in [9.17, 15) is 9.59 Å². The third-order valence-corrected chi connectivity index (χ3v) is 5.16. The van der Waals surface area contributed by atoms with E-state index in [1.807, 2.05) is 6.92 Å². The molecule has 1 atom stereocenters. The van der Waals surface area contributed by atoms with Crippen LogP contribution < -0.4 is 10.9 Å². The maximum absolute atomic E-state index is 12.5. The zero-order valence-corrected chi connectivity index (χ0v) is 14.5. The summed E-state index contributed by atoms with van der Waals surface area (Å²) in [4.78, 5) is 31.6. The number of thioether (sulfide) groups is 1. The zero-order valence-electron chi connectivity index (χ0n) is 12.2. The predicted molar refractivity (Wildman–Crippen MR) is 92.8 cm³/mol. The van der Waals surface area contributed by atoms with Crippen molar-refractivity contribution in [3.8, 4) is 0 Å². The van der Waals surface area contributed by atoms with Crippen LogP contribution in [0.25, 0.3) is 0 Å². The number of fused-ring (bicyclic) bond motifs is 1. The molecule has 0 radical (unpaired) electrons. The number of nitrogens with zero attached hydrogens (tertiary/aromatic N) is 1. The van der Waals surface area contributed by atoms with E-state index in [-0.39, 0.29) is 17.9 Å². The van der Waals surface area contributed by atoms with E-state index < -0.39 is 5.92 Å². The van der Waals surface area contributed by atoms with Gasteiger partial charge < -0.3 is 10.3 Å². The Morgan fingerprint density at radius 1 is 1.35 bits per heavy atom. The van der Waals surface area contributed by atoms with Crippen molar-refractivity contribution >= 4 is 46.7 Å². The summed E-state index contributed by atoms with van der Waals surface area (Å²) in [6, 6.07) is 5.19. The normalized spacial score (nSPS) is 16.8. The second kappa shape index (κ2) is 6.55. The van der Waals surface area contributed by atoms with Crippen LogP contribution in [0.1, 0.15) is 30.4 Å². The molecule has 2 aromatic rings. The number of H-pyrrole nitrogens is 1. The molecule has 1 aromatic heterocycles. The molecule has 1 aromatic carbocycles. The second-order valence-corrected chi connectivity index (χ2v) is 7.05. The highest BCUT2D eigenvalue weighted by Crippen LogP contribution is 2.39. The molecule has 3 rings (SSSR count). The number of nitrogens with one attached hydrogen (secondary N) is 2. The number of hydrogen-bond donors (Lipinski definition) is 2. The number of amides is 1. The first kappa shape index (κ1) is 16.4. The predicted octanol–water partition coefficient (Wildman–Crippen LogP) is 3.66. The molecule has 0 aliphatic carbocycles. The molecule has 0 spiro atoms. The summed E-state index contributed by atoms with van der Waals surface area (Å²) in [5.74, 6) is 0.382. The first-order valence-electron chi connectivity index (χ1n) is 7.02. The van der Waals surface area contributed by atoms with Crippen LogP contribution in [0.15, 0.2) is 28.2 Å². The number of halogens is 2. The van der Waals surface area contributed by atoms with Crippen molar-refractivity contribution < 1.29 is 4.79 Å². The highest BCUT2D eigenvalue weighted by molar-refractivity contribution is 7.99. The van der Waals surface area contributed by atoms with E-state index >= 15 is 0 Å². The van der Waals surface area contributed by atoms with Gasteiger partial charge in [-0.25, -0.2) is 4.98 Å². The van der Waals surface area contributed by atoms with Crippen LogP contribution in [0.4, 0.5) is 5.82 Å². The van der Waals surface area contributed by atoms with Gasteiger partial charge in [0.05, 0.1) is 15.6 Å². The van der Waals surface area contributed by atoms with Crippen molar-refractivity contribution in [3.05, 3.63) is 49.7 Å². The van der Waals surface area contributed by atoms with Crippen molar-refractivity contribution in [1.29, 1.82) is 0 Å². The largest absolute Gasteiger partial charge is 0.310 e. The number of benzene rings is 1. The third kappa shape index (κ3) is 3.11. The first-order chi connectivity index (χ1) is 11.0. The Bertz CT molecular complexity index is 838. The number of aromatic nitrogens is 2. The van der Waals surface area contributed by atoms with Crippen molar-refractivity contribution in [2.24, 2.45) is 0 Å². The third-order valence-electron chi connectivity index (χ3n) is 3.57. The van der Waals surface area contributed by atoms with Gasteiger partial charge in [0, 0.05) is 12.3 Å². The standard InChI is InChI=1S/C15H13Cl2N3O2S/c1-2-23-15-19-13-11(14(22)20-15)8(6-10(21)18-13)7-4-3-5-9(16)12(7)17/h3-5,8H,2,6H2,1H3,(H2,18,19,20,21,22). The molecule has 5 nitrogen and oxygen atoms in total. The molecule has 1 aliphatic heterocycles. The Kier molecular flexibility index (Phi) is 4.66. The molecular weight excluding hydrogens is 357 g/mol. The Morgan fingerprint density at radius 2 is 2.13 bits per heavy atom. The van der Waals surface area contributed by atoms with Gasteiger partial charge >= 0.3 is 0 Å². The van der Waals surface area contributed by atoms with Crippen molar-refractivity contribution in [1.82, 2.24) is 9.97 Å².